The molecule has 1 aliphatic rings. The Hall–Kier alpha value is -0.930. The predicted octanol–water partition coefficient (Wildman–Crippen LogP) is 1.82. The Kier molecular flexibility index (Phi) is 4.13. The summed E-state index contributed by atoms with van der Waals surface area (Å²) < 4.78 is 0. The fourth-order valence-corrected chi connectivity index (χ4v) is 2.51. The highest BCUT2D eigenvalue weighted by molar-refractivity contribution is 5.13. The van der Waals surface area contributed by atoms with Crippen LogP contribution in [-0.2, 0) is 6.54 Å². The highest BCUT2D eigenvalue weighted by Gasteiger charge is 2.23. The van der Waals surface area contributed by atoms with Gasteiger partial charge in [-0.3, -0.25) is 4.98 Å². The monoisotopic (exact) mass is 233 g/mol. The maximum atomic E-state index is 4.33. The first-order valence-electron chi connectivity index (χ1n) is 6.48. The Balaban J connectivity index is 1.83. The van der Waals surface area contributed by atoms with Crippen LogP contribution in [0, 0.1) is 12.8 Å². The first-order chi connectivity index (χ1) is 8.15. The second kappa shape index (κ2) is 5.61. The van der Waals surface area contributed by atoms with E-state index in [-0.39, 0.29) is 0 Å². The lowest BCUT2D eigenvalue weighted by Crippen LogP contribution is -2.46. The standard InChI is InChI=1S/C14H23N3/c1-11-10-17(3)7-6-14(11)16-9-13-5-4-12(2)15-8-13/h4-5,8,11,14,16H,6-7,9-10H2,1-3H3. The molecule has 94 valence electrons. The molecule has 1 aliphatic heterocycles. The molecular formula is C14H23N3. The Morgan fingerprint density at radius 2 is 2.29 bits per heavy atom. The molecule has 0 aliphatic carbocycles. The van der Waals surface area contributed by atoms with Gasteiger partial charge in [0.2, 0.25) is 0 Å². The number of aryl methyl sites for hydroxylation is 1. The third-order valence-corrected chi connectivity index (χ3v) is 3.65. The minimum Gasteiger partial charge on any atom is -0.310 e. The van der Waals surface area contributed by atoms with Crippen LogP contribution in [0.1, 0.15) is 24.6 Å². The molecule has 1 aromatic heterocycles. The minimum atomic E-state index is 0.646. The molecule has 2 unspecified atom stereocenters. The Labute approximate surface area is 104 Å². The van der Waals surface area contributed by atoms with Gasteiger partial charge < -0.3 is 10.2 Å². The summed E-state index contributed by atoms with van der Waals surface area (Å²) in [6.45, 7) is 7.70. The second-order valence-electron chi connectivity index (χ2n) is 5.32. The van der Waals surface area contributed by atoms with Gasteiger partial charge in [0, 0.05) is 31.0 Å². The lowest BCUT2D eigenvalue weighted by molar-refractivity contribution is 0.174. The summed E-state index contributed by atoms with van der Waals surface area (Å²) >= 11 is 0. The zero-order valence-corrected chi connectivity index (χ0v) is 11.1. The SMILES string of the molecule is Cc1ccc(CNC2CCN(C)CC2C)cn1. The van der Waals surface area contributed by atoms with Crippen LogP contribution in [0.3, 0.4) is 0 Å². The van der Waals surface area contributed by atoms with Crippen molar-refractivity contribution in [2.45, 2.75) is 32.9 Å². The molecule has 2 atom stereocenters. The Bertz CT molecular complexity index is 347. The van der Waals surface area contributed by atoms with Crippen LogP contribution >= 0.6 is 0 Å². The van der Waals surface area contributed by atoms with Crippen molar-refractivity contribution in [3.05, 3.63) is 29.6 Å². The highest BCUT2D eigenvalue weighted by Crippen LogP contribution is 2.15. The molecule has 0 aromatic carbocycles. The molecule has 1 aromatic rings. The number of rotatable bonds is 3. The number of nitrogens with one attached hydrogen (secondary N) is 1. The summed E-state index contributed by atoms with van der Waals surface area (Å²) in [6, 6.07) is 4.89. The maximum absolute atomic E-state index is 4.33. The van der Waals surface area contributed by atoms with Crippen LogP contribution in [-0.4, -0.2) is 36.1 Å². The van der Waals surface area contributed by atoms with E-state index in [0.29, 0.717) is 6.04 Å². The molecule has 1 fully saturated rings. The number of likely N-dealkylation sites (tertiary alicyclic amines) is 1. The fraction of sp³-hybridized carbons (Fsp3) is 0.643. The van der Waals surface area contributed by atoms with Gasteiger partial charge >= 0.3 is 0 Å². The van der Waals surface area contributed by atoms with E-state index in [0.717, 1.165) is 18.2 Å². The van der Waals surface area contributed by atoms with Crippen LogP contribution in [0.5, 0.6) is 0 Å². The lowest BCUT2D eigenvalue weighted by Gasteiger charge is -2.35. The summed E-state index contributed by atoms with van der Waals surface area (Å²) in [6.07, 6.45) is 3.22. The van der Waals surface area contributed by atoms with Gasteiger partial charge in [-0.15, -0.1) is 0 Å². The minimum absolute atomic E-state index is 0.646. The van der Waals surface area contributed by atoms with E-state index in [1.807, 2.05) is 13.1 Å². The van der Waals surface area contributed by atoms with E-state index in [4.69, 9.17) is 0 Å². The number of aromatic nitrogens is 1. The second-order valence-corrected chi connectivity index (χ2v) is 5.32. The van der Waals surface area contributed by atoms with Crippen molar-refractivity contribution < 1.29 is 0 Å². The van der Waals surface area contributed by atoms with E-state index >= 15 is 0 Å². The largest absolute Gasteiger partial charge is 0.310 e. The van der Waals surface area contributed by atoms with Gasteiger partial charge in [0.25, 0.3) is 0 Å². The molecule has 0 bridgehead atoms. The van der Waals surface area contributed by atoms with Crippen LogP contribution < -0.4 is 5.32 Å². The van der Waals surface area contributed by atoms with Gasteiger partial charge in [0.05, 0.1) is 0 Å². The number of hydrogen-bond acceptors (Lipinski definition) is 3. The summed E-state index contributed by atoms with van der Waals surface area (Å²) in [7, 11) is 2.20. The number of nitrogens with zero attached hydrogens (tertiary/aromatic N) is 2. The third kappa shape index (κ3) is 3.51. The van der Waals surface area contributed by atoms with E-state index < -0.39 is 0 Å². The molecule has 2 heterocycles. The Morgan fingerprint density at radius 3 is 2.94 bits per heavy atom. The molecule has 1 saturated heterocycles. The average molecular weight is 233 g/mol. The molecule has 3 nitrogen and oxygen atoms in total. The quantitative estimate of drug-likeness (QED) is 0.863. The van der Waals surface area contributed by atoms with E-state index in [2.05, 4.69) is 41.3 Å². The van der Waals surface area contributed by atoms with E-state index in [1.54, 1.807) is 0 Å². The van der Waals surface area contributed by atoms with Gasteiger partial charge in [-0.1, -0.05) is 13.0 Å². The van der Waals surface area contributed by atoms with Crippen molar-refractivity contribution in [1.29, 1.82) is 0 Å². The normalized spacial score (nSPS) is 26.1. The van der Waals surface area contributed by atoms with Gasteiger partial charge in [0.1, 0.15) is 0 Å². The average Bonchev–Trinajstić information content (AvgIpc) is 2.30. The number of piperidine rings is 1. The number of pyridine rings is 1. The van der Waals surface area contributed by atoms with Crippen molar-refractivity contribution in [2.24, 2.45) is 5.92 Å². The van der Waals surface area contributed by atoms with Gasteiger partial charge in [0.15, 0.2) is 0 Å². The third-order valence-electron chi connectivity index (χ3n) is 3.65. The summed E-state index contributed by atoms with van der Waals surface area (Å²) in [5.41, 5.74) is 2.36. The van der Waals surface area contributed by atoms with Gasteiger partial charge in [-0.05, 0) is 44.5 Å². The summed E-state index contributed by atoms with van der Waals surface area (Å²) in [4.78, 5) is 6.74. The first kappa shape index (κ1) is 12.5. The molecule has 0 radical (unpaired) electrons. The summed E-state index contributed by atoms with van der Waals surface area (Å²) in [5, 5.41) is 3.66. The van der Waals surface area contributed by atoms with Crippen LogP contribution in [0.25, 0.3) is 0 Å². The molecule has 2 rings (SSSR count). The van der Waals surface area contributed by atoms with Crippen molar-refractivity contribution in [3.8, 4) is 0 Å². The van der Waals surface area contributed by atoms with Crippen LogP contribution in [0.4, 0.5) is 0 Å². The van der Waals surface area contributed by atoms with Crippen molar-refractivity contribution in [2.75, 3.05) is 20.1 Å². The van der Waals surface area contributed by atoms with Crippen LogP contribution in [0.15, 0.2) is 18.3 Å². The fourth-order valence-electron chi connectivity index (χ4n) is 2.51. The lowest BCUT2D eigenvalue weighted by atomic mass is 9.94. The van der Waals surface area contributed by atoms with E-state index in [9.17, 15) is 0 Å². The Morgan fingerprint density at radius 1 is 1.47 bits per heavy atom. The predicted molar refractivity (Wildman–Crippen MR) is 70.9 cm³/mol. The van der Waals surface area contributed by atoms with Gasteiger partial charge in [-0.25, -0.2) is 0 Å². The topological polar surface area (TPSA) is 28.2 Å². The molecule has 1 N–H and O–H groups in total. The number of hydrogen-bond donors (Lipinski definition) is 1. The van der Waals surface area contributed by atoms with Crippen LogP contribution in [0.2, 0.25) is 0 Å². The maximum Gasteiger partial charge on any atom is 0.0372 e. The molecule has 3 heteroatoms. The first-order valence-corrected chi connectivity index (χ1v) is 6.48. The molecule has 17 heavy (non-hydrogen) atoms. The van der Waals surface area contributed by atoms with Crippen molar-refractivity contribution in [1.82, 2.24) is 15.2 Å². The smallest absolute Gasteiger partial charge is 0.0372 e. The van der Waals surface area contributed by atoms with Crippen molar-refractivity contribution in [3.63, 3.8) is 0 Å². The van der Waals surface area contributed by atoms with Crippen molar-refractivity contribution >= 4 is 0 Å². The molecule has 0 spiro atoms. The zero-order valence-electron chi connectivity index (χ0n) is 11.1. The molecule has 0 amide bonds. The molecule has 0 saturated carbocycles. The van der Waals surface area contributed by atoms with E-state index in [1.165, 1.54) is 25.1 Å². The molecular weight excluding hydrogens is 210 g/mol. The zero-order chi connectivity index (χ0) is 12.3. The summed E-state index contributed by atoms with van der Waals surface area (Å²) in [5.74, 6) is 0.729. The highest BCUT2D eigenvalue weighted by atomic mass is 15.1. The van der Waals surface area contributed by atoms with Gasteiger partial charge in [-0.2, -0.15) is 0 Å².